The first kappa shape index (κ1) is 39.3. The molecule has 1 heteroatoms. The minimum absolute atomic E-state index is 1.06. The van der Waals surface area contributed by atoms with E-state index in [2.05, 4.69) is 278 Å². The van der Waals surface area contributed by atoms with E-state index in [1.165, 1.54) is 66.4 Å². The molecule has 11 aromatic rings. The molecule has 0 N–H and O–H groups in total. The molecule has 1 nitrogen and oxygen atoms in total. The highest BCUT2D eigenvalue weighted by molar-refractivity contribution is 6.04. The Morgan fingerprint density at radius 3 is 1.09 bits per heavy atom. The average molecular weight is 828 g/mol. The average Bonchev–Trinajstić information content (AvgIpc) is 3.40. The Balaban J connectivity index is 1.13. The second-order valence-corrected chi connectivity index (χ2v) is 16.4. The van der Waals surface area contributed by atoms with E-state index in [0.717, 1.165) is 39.3 Å². The van der Waals surface area contributed by atoms with Crippen molar-refractivity contribution in [2.45, 2.75) is 0 Å². The highest BCUT2D eigenvalue weighted by atomic mass is 15.1. The van der Waals surface area contributed by atoms with Gasteiger partial charge in [-0.05, 0) is 102 Å². The van der Waals surface area contributed by atoms with E-state index in [-0.39, 0.29) is 0 Å². The number of anilines is 3. The maximum atomic E-state index is 2.48. The zero-order valence-electron chi connectivity index (χ0n) is 35.9. The molecular formula is C64H45N. The molecule has 0 atom stereocenters. The summed E-state index contributed by atoms with van der Waals surface area (Å²) in [6.45, 7) is 0. The van der Waals surface area contributed by atoms with E-state index >= 15 is 0 Å². The molecule has 0 unspecified atom stereocenters. The zero-order valence-corrected chi connectivity index (χ0v) is 35.9. The zero-order chi connectivity index (χ0) is 43.4. The van der Waals surface area contributed by atoms with Gasteiger partial charge in [0.1, 0.15) is 0 Å². The molecule has 306 valence electrons. The van der Waals surface area contributed by atoms with E-state index in [9.17, 15) is 0 Å². The van der Waals surface area contributed by atoms with Gasteiger partial charge < -0.3 is 4.90 Å². The summed E-state index contributed by atoms with van der Waals surface area (Å²) in [4.78, 5) is 2.48. The molecule has 0 amide bonds. The molecule has 0 radical (unpaired) electrons. The van der Waals surface area contributed by atoms with Gasteiger partial charge in [0.15, 0.2) is 0 Å². The maximum absolute atomic E-state index is 2.48. The number of nitrogens with zero attached hydrogens (tertiary/aromatic N) is 1. The second kappa shape index (κ2) is 17.7. The predicted octanol–water partition coefficient (Wildman–Crippen LogP) is 18.0. The van der Waals surface area contributed by atoms with Crippen LogP contribution in [0.25, 0.3) is 88.7 Å². The largest absolute Gasteiger partial charge is 0.309 e. The fourth-order valence-corrected chi connectivity index (χ4v) is 9.45. The summed E-state index contributed by atoms with van der Waals surface area (Å²) in [6.07, 6.45) is 0. The fourth-order valence-electron chi connectivity index (χ4n) is 9.45. The Bertz CT molecular complexity index is 3370. The van der Waals surface area contributed by atoms with Crippen molar-refractivity contribution >= 4 is 27.8 Å². The Morgan fingerprint density at radius 1 is 0.200 bits per heavy atom. The van der Waals surface area contributed by atoms with Crippen molar-refractivity contribution in [1.82, 2.24) is 0 Å². The molecule has 11 aromatic carbocycles. The van der Waals surface area contributed by atoms with Crippen LogP contribution in [0, 0.1) is 0 Å². The normalized spacial score (nSPS) is 11.1. The summed E-state index contributed by atoms with van der Waals surface area (Å²) in [7, 11) is 0. The van der Waals surface area contributed by atoms with Crippen molar-refractivity contribution in [2.75, 3.05) is 4.90 Å². The third kappa shape index (κ3) is 7.71. The maximum Gasteiger partial charge on any atom is 0.0624 e. The van der Waals surface area contributed by atoms with Crippen molar-refractivity contribution in [3.8, 4) is 77.9 Å². The highest BCUT2D eigenvalue weighted by Crippen LogP contribution is 2.51. The van der Waals surface area contributed by atoms with Crippen LogP contribution < -0.4 is 4.90 Å². The molecule has 0 aliphatic carbocycles. The van der Waals surface area contributed by atoms with Crippen LogP contribution in [0.5, 0.6) is 0 Å². The number of hydrogen-bond donors (Lipinski definition) is 0. The lowest BCUT2D eigenvalue weighted by atomic mass is 9.87. The van der Waals surface area contributed by atoms with Crippen LogP contribution in [0.3, 0.4) is 0 Å². The third-order valence-corrected chi connectivity index (χ3v) is 12.5. The third-order valence-electron chi connectivity index (χ3n) is 12.5. The summed E-state index contributed by atoms with van der Waals surface area (Å²) >= 11 is 0. The standard InChI is InChI=1S/C64H45N/c1-5-20-46(21-6-1)57-31-15-17-33-61(57)62-34-18-16-32-58(62)51-38-42-54(43-39-51)65(53-40-36-50(37-41-53)56-35-19-29-47-26-13-14-30-55(47)56)64-60(49-24-9-3-10-25-49)45-44-59(48-22-7-2-8-23-48)63(64)52-27-11-4-12-28-52/h1-45H. The van der Waals surface area contributed by atoms with Crippen LogP contribution in [0.4, 0.5) is 17.1 Å². The van der Waals surface area contributed by atoms with Crippen LogP contribution in [0.2, 0.25) is 0 Å². The van der Waals surface area contributed by atoms with Gasteiger partial charge in [-0.2, -0.15) is 0 Å². The van der Waals surface area contributed by atoms with E-state index in [4.69, 9.17) is 0 Å². The van der Waals surface area contributed by atoms with Crippen LogP contribution in [0.15, 0.2) is 273 Å². The Morgan fingerprint density at radius 2 is 0.554 bits per heavy atom. The topological polar surface area (TPSA) is 3.24 Å². The summed E-state index contributed by atoms with van der Waals surface area (Å²) < 4.78 is 0. The number of benzene rings is 11. The summed E-state index contributed by atoms with van der Waals surface area (Å²) in [5, 5.41) is 2.48. The molecule has 0 aromatic heterocycles. The highest BCUT2D eigenvalue weighted by Gasteiger charge is 2.25. The van der Waals surface area contributed by atoms with E-state index in [0.29, 0.717) is 0 Å². The first-order valence-corrected chi connectivity index (χ1v) is 22.3. The van der Waals surface area contributed by atoms with Gasteiger partial charge in [-0.15, -0.1) is 0 Å². The van der Waals surface area contributed by atoms with Gasteiger partial charge in [-0.25, -0.2) is 0 Å². The molecule has 65 heavy (non-hydrogen) atoms. The van der Waals surface area contributed by atoms with Crippen molar-refractivity contribution in [1.29, 1.82) is 0 Å². The van der Waals surface area contributed by atoms with Gasteiger partial charge in [0.2, 0.25) is 0 Å². The van der Waals surface area contributed by atoms with Gasteiger partial charge >= 0.3 is 0 Å². The lowest BCUT2D eigenvalue weighted by Gasteiger charge is -2.32. The van der Waals surface area contributed by atoms with Crippen LogP contribution in [-0.2, 0) is 0 Å². The molecule has 0 aliphatic heterocycles. The van der Waals surface area contributed by atoms with Gasteiger partial charge in [-0.1, -0.05) is 249 Å². The summed E-state index contributed by atoms with van der Waals surface area (Å²) in [5.41, 5.74) is 19.8. The first-order chi connectivity index (χ1) is 32.3. The molecule has 0 heterocycles. The van der Waals surface area contributed by atoms with Gasteiger partial charge in [0, 0.05) is 22.5 Å². The van der Waals surface area contributed by atoms with Crippen molar-refractivity contribution < 1.29 is 0 Å². The quantitative estimate of drug-likeness (QED) is 0.133. The van der Waals surface area contributed by atoms with E-state index < -0.39 is 0 Å². The van der Waals surface area contributed by atoms with Gasteiger partial charge in [-0.3, -0.25) is 0 Å². The first-order valence-electron chi connectivity index (χ1n) is 22.3. The van der Waals surface area contributed by atoms with Crippen LogP contribution in [-0.4, -0.2) is 0 Å². The summed E-state index contributed by atoms with van der Waals surface area (Å²) in [5.74, 6) is 0. The monoisotopic (exact) mass is 827 g/mol. The Hall–Kier alpha value is -8.52. The SMILES string of the molecule is c1ccc(-c2ccccc2-c2ccccc2-c2ccc(N(c3ccc(-c4cccc5ccccc45)cc3)c3c(-c4ccccc4)ccc(-c4ccccc4)c3-c3ccccc3)cc2)cc1. The van der Waals surface area contributed by atoms with Gasteiger partial charge in [0.25, 0.3) is 0 Å². The van der Waals surface area contributed by atoms with E-state index in [1.807, 2.05) is 0 Å². The lowest BCUT2D eigenvalue weighted by Crippen LogP contribution is -2.13. The van der Waals surface area contributed by atoms with Crippen molar-refractivity contribution in [3.05, 3.63) is 273 Å². The second-order valence-electron chi connectivity index (χ2n) is 16.4. The van der Waals surface area contributed by atoms with E-state index in [1.54, 1.807) is 0 Å². The van der Waals surface area contributed by atoms with Gasteiger partial charge in [0.05, 0.1) is 5.69 Å². The number of hydrogen-bond acceptors (Lipinski definition) is 1. The minimum Gasteiger partial charge on any atom is -0.309 e. The number of fused-ring (bicyclic) bond motifs is 1. The van der Waals surface area contributed by atoms with Crippen LogP contribution in [0.1, 0.15) is 0 Å². The molecule has 0 saturated carbocycles. The molecule has 0 fully saturated rings. The Labute approximate surface area is 381 Å². The number of rotatable bonds is 10. The molecule has 0 bridgehead atoms. The fraction of sp³-hybridized carbons (Fsp3) is 0. The van der Waals surface area contributed by atoms with Crippen LogP contribution >= 0.6 is 0 Å². The smallest absolute Gasteiger partial charge is 0.0624 e. The van der Waals surface area contributed by atoms with Crippen molar-refractivity contribution in [3.63, 3.8) is 0 Å². The molecule has 0 spiro atoms. The molecular weight excluding hydrogens is 783 g/mol. The Kier molecular flexibility index (Phi) is 10.7. The molecule has 11 rings (SSSR count). The summed E-state index contributed by atoms with van der Waals surface area (Å²) in [6, 6.07) is 98.9. The van der Waals surface area contributed by atoms with Crippen molar-refractivity contribution in [2.24, 2.45) is 0 Å². The lowest BCUT2D eigenvalue weighted by molar-refractivity contribution is 1.28. The molecule has 0 aliphatic rings. The predicted molar refractivity (Wildman–Crippen MR) is 277 cm³/mol. The minimum atomic E-state index is 1.06. The molecule has 0 saturated heterocycles.